The molecule has 9 nitrogen and oxygen atoms in total. The summed E-state index contributed by atoms with van der Waals surface area (Å²) in [4.78, 5) is 51.1. The summed E-state index contributed by atoms with van der Waals surface area (Å²) < 4.78 is 5.60. The number of aromatic nitrogens is 2. The van der Waals surface area contributed by atoms with E-state index in [2.05, 4.69) is 15.2 Å². The Kier molecular flexibility index (Phi) is 6.03. The molecular weight excluding hydrogens is 424 g/mol. The van der Waals surface area contributed by atoms with E-state index in [9.17, 15) is 19.2 Å². The van der Waals surface area contributed by atoms with Crippen molar-refractivity contribution in [3.63, 3.8) is 0 Å². The van der Waals surface area contributed by atoms with E-state index in [1.54, 1.807) is 17.0 Å². The third-order valence-electron chi connectivity index (χ3n) is 5.39. The Hall–Kier alpha value is -4.27. The Balaban J connectivity index is 1.50. The Morgan fingerprint density at radius 3 is 2.52 bits per heavy atom. The third kappa shape index (κ3) is 4.52. The molecule has 0 radical (unpaired) electrons. The maximum Gasteiger partial charge on any atom is 0.337 e. The van der Waals surface area contributed by atoms with E-state index < -0.39 is 17.4 Å². The molecule has 2 aromatic carbocycles. The molecule has 0 fully saturated rings. The minimum Gasteiger partial charge on any atom is -0.465 e. The molecule has 1 aliphatic heterocycles. The van der Waals surface area contributed by atoms with Gasteiger partial charge in [-0.2, -0.15) is 5.10 Å². The van der Waals surface area contributed by atoms with Gasteiger partial charge in [0, 0.05) is 23.5 Å². The SMILES string of the molecule is COC(=O)c1ccc(NC(=O)Cn2nc(C(=O)N3c4ccccc4C[C@H]3C)ccc2=O)cc1. The number of esters is 1. The van der Waals surface area contributed by atoms with Crippen molar-refractivity contribution in [3.8, 4) is 0 Å². The van der Waals surface area contributed by atoms with Crippen LogP contribution in [0.3, 0.4) is 0 Å². The van der Waals surface area contributed by atoms with Gasteiger partial charge in [-0.05, 0) is 55.3 Å². The highest BCUT2D eigenvalue weighted by atomic mass is 16.5. The van der Waals surface area contributed by atoms with Gasteiger partial charge in [0.2, 0.25) is 5.91 Å². The Labute approximate surface area is 189 Å². The summed E-state index contributed by atoms with van der Waals surface area (Å²) in [5, 5.41) is 6.78. The second-order valence-electron chi connectivity index (χ2n) is 7.69. The van der Waals surface area contributed by atoms with Gasteiger partial charge in [-0.3, -0.25) is 14.4 Å². The molecule has 4 rings (SSSR count). The highest BCUT2D eigenvalue weighted by Gasteiger charge is 2.32. The number of nitrogens with one attached hydrogen (secondary N) is 1. The Morgan fingerprint density at radius 2 is 1.79 bits per heavy atom. The van der Waals surface area contributed by atoms with Crippen LogP contribution >= 0.6 is 0 Å². The Morgan fingerprint density at radius 1 is 1.06 bits per heavy atom. The number of amides is 2. The van der Waals surface area contributed by atoms with Crippen molar-refractivity contribution in [2.24, 2.45) is 0 Å². The standard InChI is InChI=1S/C24H22N4O5/c1-15-13-17-5-3-4-6-20(17)28(15)23(31)19-11-12-22(30)27(26-19)14-21(29)25-18-9-7-16(8-10-18)24(32)33-2/h3-12,15H,13-14H2,1-2H3,(H,25,29)/t15-/m1/s1. The molecule has 0 unspecified atom stereocenters. The van der Waals surface area contributed by atoms with E-state index in [4.69, 9.17) is 0 Å². The lowest BCUT2D eigenvalue weighted by Crippen LogP contribution is -2.38. The van der Waals surface area contributed by atoms with E-state index in [1.165, 1.54) is 31.4 Å². The molecule has 0 saturated heterocycles. The fourth-order valence-corrected chi connectivity index (χ4v) is 3.82. The normalized spacial score (nSPS) is 14.5. The maximum atomic E-state index is 13.2. The number of methoxy groups -OCH3 is 1. The Bertz CT molecular complexity index is 1280. The van der Waals surface area contributed by atoms with Crippen LogP contribution in [0.25, 0.3) is 0 Å². The summed E-state index contributed by atoms with van der Waals surface area (Å²) in [6.07, 6.45) is 0.735. The molecule has 168 valence electrons. The lowest BCUT2D eigenvalue weighted by atomic mass is 10.1. The van der Waals surface area contributed by atoms with Crippen LogP contribution in [0.1, 0.15) is 33.3 Å². The molecule has 1 atom stereocenters. The van der Waals surface area contributed by atoms with Gasteiger partial charge in [0.05, 0.1) is 12.7 Å². The minimum absolute atomic E-state index is 0.0478. The molecule has 0 bridgehead atoms. The molecule has 0 aliphatic carbocycles. The van der Waals surface area contributed by atoms with Crippen molar-refractivity contribution in [3.05, 3.63) is 87.8 Å². The number of anilines is 2. The van der Waals surface area contributed by atoms with Crippen LogP contribution in [0.2, 0.25) is 0 Å². The number of para-hydroxylation sites is 1. The predicted octanol–water partition coefficient (Wildman–Crippen LogP) is 2.26. The monoisotopic (exact) mass is 446 g/mol. The van der Waals surface area contributed by atoms with Crippen molar-refractivity contribution < 1.29 is 19.1 Å². The molecule has 2 heterocycles. The fourth-order valence-electron chi connectivity index (χ4n) is 3.82. The van der Waals surface area contributed by atoms with E-state index in [0.717, 1.165) is 22.4 Å². The summed E-state index contributed by atoms with van der Waals surface area (Å²) in [7, 11) is 1.28. The predicted molar refractivity (Wildman–Crippen MR) is 121 cm³/mol. The first-order valence-electron chi connectivity index (χ1n) is 10.3. The number of ether oxygens (including phenoxy) is 1. The number of benzene rings is 2. The highest BCUT2D eigenvalue weighted by molar-refractivity contribution is 6.06. The molecule has 3 aromatic rings. The lowest BCUT2D eigenvalue weighted by molar-refractivity contribution is -0.117. The molecular formula is C24H22N4O5. The zero-order valence-corrected chi connectivity index (χ0v) is 18.1. The van der Waals surface area contributed by atoms with Gasteiger partial charge in [0.25, 0.3) is 11.5 Å². The molecule has 0 spiro atoms. The number of rotatable bonds is 5. The van der Waals surface area contributed by atoms with Crippen LogP contribution in [-0.4, -0.2) is 40.7 Å². The van der Waals surface area contributed by atoms with Crippen LogP contribution in [0.5, 0.6) is 0 Å². The smallest absolute Gasteiger partial charge is 0.337 e. The lowest BCUT2D eigenvalue weighted by Gasteiger charge is -2.22. The third-order valence-corrected chi connectivity index (χ3v) is 5.39. The quantitative estimate of drug-likeness (QED) is 0.602. The number of nitrogens with zero attached hydrogens (tertiary/aromatic N) is 3. The number of carbonyl (C=O) groups is 3. The zero-order chi connectivity index (χ0) is 23.5. The first-order chi connectivity index (χ1) is 15.9. The minimum atomic E-state index is -0.502. The highest BCUT2D eigenvalue weighted by Crippen LogP contribution is 2.32. The molecule has 0 saturated carbocycles. The number of fused-ring (bicyclic) bond motifs is 1. The van der Waals surface area contributed by atoms with Gasteiger partial charge in [-0.15, -0.1) is 0 Å². The summed E-state index contributed by atoms with van der Waals surface area (Å²) in [6, 6.07) is 16.3. The summed E-state index contributed by atoms with van der Waals surface area (Å²) in [6.45, 7) is 1.58. The summed E-state index contributed by atoms with van der Waals surface area (Å²) >= 11 is 0. The van der Waals surface area contributed by atoms with E-state index in [0.29, 0.717) is 11.3 Å². The van der Waals surface area contributed by atoms with Crippen molar-refractivity contribution in [1.29, 1.82) is 0 Å². The average molecular weight is 446 g/mol. The van der Waals surface area contributed by atoms with Gasteiger partial charge in [0.15, 0.2) is 0 Å². The van der Waals surface area contributed by atoms with Crippen LogP contribution in [0, 0.1) is 0 Å². The van der Waals surface area contributed by atoms with Crippen LogP contribution in [0.15, 0.2) is 65.5 Å². The maximum absolute atomic E-state index is 13.2. The van der Waals surface area contributed by atoms with E-state index in [1.807, 2.05) is 31.2 Å². The fraction of sp³-hybridized carbons (Fsp3) is 0.208. The largest absolute Gasteiger partial charge is 0.465 e. The number of hydrogen-bond acceptors (Lipinski definition) is 6. The van der Waals surface area contributed by atoms with Crippen molar-refractivity contribution >= 4 is 29.2 Å². The van der Waals surface area contributed by atoms with Crippen LogP contribution in [0.4, 0.5) is 11.4 Å². The van der Waals surface area contributed by atoms with Crippen LogP contribution < -0.4 is 15.8 Å². The van der Waals surface area contributed by atoms with Crippen molar-refractivity contribution in [1.82, 2.24) is 9.78 Å². The average Bonchev–Trinajstić information content (AvgIpc) is 3.15. The van der Waals surface area contributed by atoms with Gasteiger partial charge in [-0.25, -0.2) is 9.48 Å². The second-order valence-corrected chi connectivity index (χ2v) is 7.69. The van der Waals surface area contributed by atoms with E-state index in [-0.39, 0.29) is 24.2 Å². The zero-order valence-electron chi connectivity index (χ0n) is 18.1. The summed E-state index contributed by atoms with van der Waals surface area (Å²) in [5.74, 6) is -1.32. The summed E-state index contributed by atoms with van der Waals surface area (Å²) in [5.41, 5.74) is 2.26. The molecule has 33 heavy (non-hydrogen) atoms. The van der Waals surface area contributed by atoms with E-state index >= 15 is 0 Å². The molecule has 1 aromatic heterocycles. The molecule has 2 amide bonds. The van der Waals surface area contributed by atoms with Crippen molar-refractivity contribution in [2.75, 3.05) is 17.3 Å². The van der Waals surface area contributed by atoms with Gasteiger partial charge in [-0.1, -0.05) is 18.2 Å². The van der Waals surface area contributed by atoms with Crippen molar-refractivity contribution in [2.45, 2.75) is 25.9 Å². The van der Waals surface area contributed by atoms with Gasteiger partial charge < -0.3 is 15.0 Å². The van der Waals surface area contributed by atoms with Crippen LogP contribution in [-0.2, 0) is 22.5 Å². The molecule has 9 heteroatoms. The first kappa shape index (κ1) is 21.9. The second kappa shape index (κ2) is 9.07. The topological polar surface area (TPSA) is 111 Å². The number of carbonyl (C=O) groups excluding carboxylic acids is 3. The molecule has 1 N–H and O–H groups in total. The number of hydrogen-bond donors (Lipinski definition) is 1. The van der Waals surface area contributed by atoms with Gasteiger partial charge >= 0.3 is 5.97 Å². The first-order valence-corrected chi connectivity index (χ1v) is 10.3. The van der Waals surface area contributed by atoms with Gasteiger partial charge in [0.1, 0.15) is 12.2 Å². The molecule has 1 aliphatic rings.